The molecule has 0 saturated carbocycles. The zero-order valence-corrected chi connectivity index (χ0v) is 9.24. The number of aromatic hydroxyl groups is 1. The first kappa shape index (κ1) is 9.90. The number of fused-ring (bicyclic) bond motifs is 1. The lowest BCUT2D eigenvalue weighted by molar-refractivity contribution is 0.475. The molecule has 0 fully saturated rings. The van der Waals surface area contributed by atoms with Gasteiger partial charge in [-0.15, -0.1) is 0 Å². The van der Waals surface area contributed by atoms with Crippen molar-refractivity contribution >= 4 is 11.0 Å². The molecule has 0 unspecified atom stereocenters. The van der Waals surface area contributed by atoms with E-state index in [4.69, 9.17) is 0 Å². The Labute approximate surface area is 99.0 Å². The summed E-state index contributed by atoms with van der Waals surface area (Å²) >= 11 is 0. The van der Waals surface area contributed by atoms with Gasteiger partial charge in [0.25, 0.3) is 0 Å². The molecule has 0 aliphatic carbocycles. The molecule has 0 amide bonds. The monoisotopic (exact) mass is 224 g/mol. The Kier molecular flexibility index (Phi) is 2.29. The van der Waals surface area contributed by atoms with E-state index < -0.39 is 0 Å². The van der Waals surface area contributed by atoms with E-state index in [0.717, 1.165) is 23.1 Å². The molecule has 3 heteroatoms. The SMILES string of the molecule is Oc1ccc(Cn2cnc3ccccc32)cc1. The Morgan fingerprint density at radius 1 is 1.00 bits per heavy atom. The van der Waals surface area contributed by atoms with Crippen molar-refractivity contribution in [3.8, 4) is 5.75 Å². The molecule has 3 rings (SSSR count). The highest BCUT2D eigenvalue weighted by atomic mass is 16.3. The summed E-state index contributed by atoms with van der Waals surface area (Å²) in [6.45, 7) is 0.765. The molecule has 3 aromatic rings. The number of rotatable bonds is 2. The number of nitrogens with zero attached hydrogens (tertiary/aromatic N) is 2. The average Bonchev–Trinajstić information content (AvgIpc) is 2.76. The summed E-state index contributed by atoms with van der Waals surface area (Å²) in [4.78, 5) is 4.35. The maximum absolute atomic E-state index is 9.24. The number of imidazole rings is 1. The summed E-state index contributed by atoms with van der Waals surface area (Å²) in [7, 11) is 0. The number of hydrogen-bond donors (Lipinski definition) is 1. The fourth-order valence-electron chi connectivity index (χ4n) is 1.93. The van der Waals surface area contributed by atoms with Gasteiger partial charge in [0.2, 0.25) is 0 Å². The predicted molar refractivity (Wildman–Crippen MR) is 66.9 cm³/mol. The minimum atomic E-state index is 0.296. The summed E-state index contributed by atoms with van der Waals surface area (Å²) in [5.74, 6) is 0.296. The normalized spacial score (nSPS) is 10.8. The highest BCUT2D eigenvalue weighted by molar-refractivity contribution is 5.75. The Morgan fingerprint density at radius 3 is 2.59 bits per heavy atom. The van der Waals surface area contributed by atoms with Gasteiger partial charge in [-0.1, -0.05) is 24.3 Å². The van der Waals surface area contributed by atoms with Gasteiger partial charge in [0.1, 0.15) is 5.75 Å². The lowest BCUT2D eigenvalue weighted by atomic mass is 10.2. The van der Waals surface area contributed by atoms with Crippen LogP contribution in [0.4, 0.5) is 0 Å². The van der Waals surface area contributed by atoms with Crippen LogP contribution in [0.5, 0.6) is 5.75 Å². The van der Waals surface area contributed by atoms with Crippen molar-refractivity contribution in [2.24, 2.45) is 0 Å². The van der Waals surface area contributed by atoms with Crippen LogP contribution in [0.15, 0.2) is 54.9 Å². The molecular formula is C14H12N2O. The van der Waals surface area contributed by atoms with Crippen LogP contribution >= 0.6 is 0 Å². The van der Waals surface area contributed by atoms with Crippen molar-refractivity contribution in [2.75, 3.05) is 0 Å². The van der Waals surface area contributed by atoms with Gasteiger partial charge in [0.05, 0.1) is 17.4 Å². The van der Waals surface area contributed by atoms with Crippen molar-refractivity contribution in [3.63, 3.8) is 0 Å². The van der Waals surface area contributed by atoms with Crippen molar-refractivity contribution in [2.45, 2.75) is 6.54 Å². The number of phenols is 1. The van der Waals surface area contributed by atoms with Crippen LogP contribution in [-0.4, -0.2) is 14.7 Å². The standard InChI is InChI=1S/C14H12N2O/c17-12-7-5-11(6-8-12)9-16-10-15-13-3-1-2-4-14(13)16/h1-8,10,17H,9H2. The average molecular weight is 224 g/mol. The number of phenolic OH excluding ortho intramolecular Hbond substituents is 1. The largest absolute Gasteiger partial charge is 0.508 e. The Balaban J connectivity index is 1.97. The molecular weight excluding hydrogens is 212 g/mol. The van der Waals surface area contributed by atoms with Crippen LogP contribution in [0.1, 0.15) is 5.56 Å². The first-order valence-corrected chi connectivity index (χ1v) is 5.51. The van der Waals surface area contributed by atoms with E-state index in [9.17, 15) is 5.11 Å². The van der Waals surface area contributed by atoms with E-state index in [1.54, 1.807) is 12.1 Å². The Morgan fingerprint density at radius 2 is 1.76 bits per heavy atom. The van der Waals surface area contributed by atoms with Gasteiger partial charge in [-0.3, -0.25) is 0 Å². The van der Waals surface area contributed by atoms with Gasteiger partial charge in [0.15, 0.2) is 0 Å². The van der Waals surface area contributed by atoms with Crippen LogP contribution in [0, 0.1) is 0 Å². The van der Waals surface area contributed by atoms with Crippen molar-refractivity contribution in [3.05, 3.63) is 60.4 Å². The molecule has 2 aromatic carbocycles. The molecule has 0 bridgehead atoms. The third-order valence-corrected chi connectivity index (χ3v) is 2.82. The molecule has 1 aromatic heterocycles. The Hall–Kier alpha value is -2.29. The summed E-state index contributed by atoms with van der Waals surface area (Å²) in [5, 5.41) is 9.24. The topological polar surface area (TPSA) is 38.0 Å². The van der Waals surface area contributed by atoms with E-state index in [-0.39, 0.29) is 0 Å². The molecule has 3 nitrogen and oxygen atoms in total. The molecule has 0 radical (unpaired) electrons. The van der Waals surface area contributed by atoms with Gasteiger partial charge >= 0.3 is 0 Å². The molecule has 0 saturated heterocycles. The van der Waals surface area contributed by atoms with E-state index >= 15 is 0 Å². The second-order valence-corrected chi connectivity index (χ2v) is 4.03. The van der Waals surface area contributed by atoms with E-state index in [1.165, 1.54) is 0 Å². The molecule has 0 spiro atoms. The number of benzene rings is 2. The number of para-hydroxylation sites is 2. The zero-order valence-electron chi connectivity index (χ0n) is 9.24. The van der Waals surface area contributed by atoms with Gasteiger partial charge in [-0.25, -0.2) is 4.98 Å². The van der Waals surface area contributed by atoms with Crippen molar-refractivity contribution < 1.29 is 5.11 Å². The van der Waals surface area contributed by atoms with Crippen LogP contribution in [-0.2, 0) is 6.54 Å². The first-order chi connectivity index (χ1) is 8.33. The molecule has 1 N–H and O–H groups in total. The van der Waals surface area contributed by atoms with E-state index in [0.29, 0.717) is 5.75 Å². The van der Waals surface area contributed by atoms with Gasteiger partial charge in [-0.05, 0) is 29.8 Å². The van der Waals surface area contributed by atoms with E-state index in [1.807, 2.05) is 36.7 Å². The highest BCUT2D eigenvalue weighted by Gasteiger charge is 2.01. The lowest BCUT2D eigenvalue weighted by Crippen LogP contribution is -1.97. The van der Waals surface area contributed by atoms with Crippen LogP contribution in [0.3, 0.4) is 0 Å². The van der Waals surface area contributed by atoms with Crippen molar-refractivity contribution in [1.82, 2.24) is 9.55 Å². The Bertz CT molecular complexity index is 641. The van der Waals surface area contributed by atoms with E-state index in [2.05, 4.69) is 15.6 Å². The molecule has 0 atom stereocenters. The molecule has 0 aliphatic rings. The number of hydrogen-bond acceptors (Lipinski definition) is 2. The summed E-state index contributed by atoms with van der Waals surface area (Å²) in [6, 6.07) is 15.3. The highest BCUT2D eigenvalue weighted by Crippen LogP contribution is 2.15. The zero-order chi connectivity index (χ0) is 11.7. The van der Waals surface area contributed by atoms with Crippen LogP contribution in [0.2, 0.25) is 0 Å². The molecule has 17 heavy (non-hydrogen) atoms. The van der Waals surface area contributed by atoms with Gasteiger partial charge in [-0.2, -0.15) is 0 Å². The fraction of sp³-hybridized carbons (Fsp3) is 0.0714. The van der Waals surface area contributed by atoms with Gasteiger partial charge in [0, 0.05) is 6.54 Å². The summed E-state index contributed by atoms with van der Waals surface area (Å²) in [6.07, 6.45) is 1.84. The minimum Gasteiger partial charge on any atom is -0.508 e. The predicted octanol–water partition coefficient (Wildman–Crippen LogP) is 2.79. The fourth-order valence-corrected chi connectivity index (χ4v) is 1.93. The van der Waals surface area contributed by atoms with Crippen molar-refractivity contribution in [1.29, 1.82) is 0 Å². The maximum atomic E-state index is 9.24. The number of aromatic nitrogens is 2. The second kappa shape index (κ2) is 3.94. The van der Waals surface area contributed by atoms with Crippen LogP contribution < -0.4 is 0 Å². The third kappa shape index (κ3) is 1.87. The first-order valence-electron chi connectivity index (χ1n) is 5.51. The maximum Gasteiger partial charge on any atom is 0.115 e. The molecule has 1 heterocycles. The quantitative estimate of drug-likeness (QED) is 0.726. The molecule has 0 aliphatic heterocycles. The smallest absolute Gasteiger partial charge is 0.115 e. The minimum absolute atomic E-state index is 0.296. The summed E-state index contributed by atoms with van der Waals surface area (Å²) in [5.41, 5.74) is 3.28. The second-order valence-electron chi connectivity index (χ2n) is 4.03. The summed E-state index contributed by atoms with van der Waals surface area (Å²) < 4.78 is 2.10. The lowest BCUT2D eigenvalue weighted by Gasteiger charge is -2.04. The van der Waals surface area contributed by atoms with Crippen LogP contribution in [0.25, 0.3) is 11.0 Å². The third-order valence-electron chi connectivity index (χ3n) is 2.82. The molecule has 84 valence electrons. The van der Waals surface area contributed by atoms with Gasteiger partial charge < -0.3 is 9.67 Å².